The van der Waals surface area contributed by atoms with E-state index >= 15 is 0 Å². The van der Waals surface area contributed by atoms with E-state index in [0.29, 0.717) is 23.4 Å². The summed E-state index contributed by atoms with van der Waals surface area (Å²) in [7, 11) is 0. The van der Waals surface area contributed by atoms with Gasteiger partial charge in [-0.2, -0.15) is 0 Å². The number of hydrogen-bond donors (Lipinski definition) is 0. The summed E-state index contributed by atoms with van der Waals surface area (Å²) < 4.78 is 0. The lowest BCUT2D eigenvalue weighted by atomic mass is 10.2. The Morgan fingerprint density at radius 3 is 1.56 bits per heavy atom. The molecule has 0 unspecified atom stereocenters. The summed E-state index contributed by atoms with van der Waals surface area (Å²) in [5.41, 5.74) is 2.64. The van der Waals surface area contributed by atoms with Crippen molar-refractivity contribution in [2.24, 2.45) is 0 Å². The lowest BCUT2D eigenvalue weighted by molar-refractivity contribution is 0.249. The number of rotatable bonds is 3. The summed E-state index contributed by atoms with van der Waals surface area (Å²) in [6.07, 6.45) is 0. The zero-order valence-corrected chi connectivity index (χ0v) is 15.9. The highest BCUT2D eigenvalue weighted by Gasteiger charge is 2.32. The molecule has 27 heavy (non-hydrogen) atoms. The molecule has 3 aromatic carbocycles. The molecule has 2 amide bonds. The summed E-state index contributed by atoms with van der Waals surface area (Å²) in [6.45, 7) is 0.889. The third kappa shape index (κ3) is 3.72. The second-order valence-corrected chi connectivity index (χ2v) is 7.12. The van der Waals surface area contributed by atoms with Crippen molar-refractivity contribution < 1.29 is 4.79 Å². The number of benzene rings is 3. The molecule has 0 aromatic heterocycles. The van der Waals surface area contributed by atoms with Crippen LogP contribution in [0.3, 0.4) is 0 Å². The molecule has 3 aromatic rings. The molecule has 136 valence electrons. The highest BCUT2D eigenvalue weighted by Crippen LogP contribution is 2.29. The first-order chi connectivity index (χ1) is 13.1. The van der Waals surface area contributed by atoms with Crippen LogP contribution in [0, 0.1) is 0 Å². The number of hydrogen-bond acceptors (Lipinski definition) is 2. The van der Waals surface area contributed by atoms with E-state index in [0.717, 1.165) is 17.1 Å². The standard InChI is InChI=1S/C21H17Cl2N3O/c22-16-6-10-18(11-7-16)24-14-25(19-4-2-1-3-5-19)21(27)26(15-24)20-12-8-17(23)9-13-20/h1-13H,14-15H2. The summed E-state index contributed by atoms with van der Waals surface area (Å²) in [5.74, 6) is 0. The van der Waals surface area contributed by atoms with Crippen LogP contribution in [0.15, 0.2) is 78.9 Å². The van der Waals surface area contributed by atoms with Crippen molar-refractivity contribution >= 4 is 46.3 Å². The lowest BCUT2D eigenvalue weighted by Crippen LogP contribution is -2.59. The Hall–Kier alpha value is -2.69. The van der Waals surface area contributed by atoms with Crippen molar-refractivity contribution in [2.45, 2.75) is 0 Å². The molecule has 0 N–H and O–H groups in total. The Bertz CT molecular complexity index is 930. The first-order valence-electron chi connectivity index (χ1n) is 8.52. The molecule has 6 heteroatoms. The molecule has 1 aliphatic heterocycles. The maximum atomic E-state index is 13.2. The molecule has 1 saturated heterocycles. The fourth-order valence-corrected chi connectivity index (χ4v) is 3.33. The number of urea groups is 1. The molecule has 0 radical (unpaired) electrons. The molecule has 0 atom stereocenters. The predicted octanol–water partition coefficient (Wildman–Crippen LogP) is 5.86. The van der Waals surface area contributed by atoms with E-state index in [2.05, 4.69) is 4.90 Å². The van der Waals surface area contributed by atoms with Crippen molar-refractivity contribution in [3.63, 3.8) is 0 Å². The van der Waals surface area contributed by atoms with Gasteiger partial charge in [0.15, 0.2) is 0 Å². The first-order valence-corrected chi connectivity index (χ1v) is 9.27. The van der Waals surface area contributed by atoms with Crippen LogP contribution in [-0.4, -0.2) is 19.4 Å². The smallest absolute Gasteiger partial charge is 0.331 e. The van der Waals surface area contributed by atoms with Crippen molar-refractivity contribution in [1.82, 2.24) is 0 Å². The Kier molecular flexibility index (Phi) is 4.92. The normalized spacial score (nSPS) is 14.6. The third-order valence-corrected chi connectivity index (χ3v) is 4.99. The second kappa shape index (κ2) is 7.51. The van der Waals surface area contributed by atoms with Crippen LogP contribution < -0.4 is 14.7 Å². The number of anilines is 3. The first kappa shape index (κ1) is 17.7. The van der Waals surface area contributed by atoms with E-state index in [1.54, 1.807) is 21.9 Å². The van der Waals surface area contributed by atoms with Gasteiger partial charge >= 0.3 is 6.03 Å². The van der Waals surface area contributed by atoms with Gasteiger partial charge in [-0.15, -0.1) is 0 Å². The Labute approximate surface area is 168 Å². The zero-order valence-electron chi connectivity index (χ0n) is 14.4. The number of carbonyl (C=O) groups is 1. The van der Waals surface area contributed by atoms with Gasteiger partial charge < -0.3 is 4.90 Å². The van der Waals surface area contributed by atoms with Crippen LogP contribution in [-0.2, 0) is 0 Å². The maximum Gasteiger partial charge on any atom is 0.331 e. The topological polar surface area (TPSA) is 26.8 Å². The van der Waals surface area contributed by atoms with Gasteiger partial charge in [0.05, 0.1) is 0 Å². The van der Waals surface area contributed by atoms with E-state index < -0.39 is 0 Å². The molecule has 0 aliphatic carbocycles. The molecule has 1 aliphatic rings. The van der Waals surface area contributed by atoms with Crippen LogP contribution in [0.5, 0.6) is 0 Å². The summed E-state index contributed by atoms with van der Waals surface area (Å²) in [4.78, 5) is 18.8. The number of nitrogens with zero attached hydrogens (tertiary/aromatic N) is 3. The van der Waals surface area contributed by atoms with Crippen molar-refractivity contribution in [3.05, 3.63) is 88.9 Å². The Morgan fingerprint density at radius 1 is 0.593 bits per heavy atom. The third-order valence-electron chi connectivity index (χ3n) is 4.48. The summed E-state index contributed by atoms with van der Waals surface area (Å²) in [5, 5.41) is 1.32. The van der Waals surface area contributed by atoms with Crippen LogP contribution >= 0.6 is 23.2 Å². The Morgan fingerprint density at radius 2 is 1.04 bits per heavy atom. The number of halogens is 2. The van der Waals surface area contributed by atoms with E-state index in [-0.39, 0.29) is 6.03 Å². The molecule has 4 rings (SSSR count). The van der Waals surface area contributed by atoms with Gasteiger partial charge in [-0.05, 0) is 60.7 Å². The highest BCUT2D eigenvalue weighted by atomic mass is 35.5. The monoisotopic (exact) mass is 397 g/mol. The van der Waals surface area contributed by atoms with Crippen LogP contribution in [0.2, 0.25) is 10.0 Å². The molecule has 1 fully saturated rings. The summed E-state index contributed by atoms with van der Waals surface area (Å²) in [6, 6.07) is 24.5. The van der Waals surface area contributed by atoms with Crippen LogP contribution in [0.1, 0.15) is 0 Å². The number of para-hydroxylation sites is 1. The van der Waals surface area contributed by atoms with E-state index in [1.807, 2.05) is 66.7 Å². The van der Waals surface area contributed by atoms with Gasteiger partial charge in [-0.1, -0.05) is 41.4 Å². The molecule has 0 spiro atoms. The van der Waals surface area contributed by atoms with E-state index in [4.69, 9.17) is 23.2 Å². The van der Waals surface area contributed by atoms with Gasteiger partial charge in [0.25, 0.3) is 0 Å². The molecule has 0 saturated carbocycles. The molecule has 4 nitrogen and oxygen atoms in total. The zero-order chi connectivity index (χ0) is 18.8. The predicted molar refractivity (Wildman–Crippen MR) is 112 cm³/mol. The maximum absolute atomic E-state index is 13.2. The van der Waals surface area contributed by atoms with Gasteiger partial charge in [0.2, 0.25) is 0 Å². The van der Waals surface area contributed by atoms with Crippen molar-refractivity contribution in [1.29, 1.82) is 0 Å². The van der Waals surface area contributed by atoms with E-state index in [9.17, 15) is 4.79 Å². The number of amides is 2. The minimum atomic E-state index is -0.0752. The van der Waals surface area contributed by atoms with Crippen LogP contribution in [0.4, 0.5) is 21.9 Å². The molecule has 1 heterocycles. The van der Waals surface area contributed by atoms with Crippen LogP contribution in [0.25, 0.3) is 0 Å². The van der Waals surface area contributed by atoms with Crippen molar-refractivity contribution in [2.75, 3.05) is 28.0 Å². The van der Waals surface area contributed by atoms with Crippen molar-refractivity contribution in [3.8, 4) is 0 Å². The Balaban J connectivity index is 1.72. The molecule has 0 bridgehead atoms. The summed E-state index contributed by atoms with van der Waals surface area (Å²) >= 11 is 12.0. The van der Waals surface area contributed by atoms with Gasteiger partial charge in [0, 0.05) is 27.1 Å². The highest BCUT2D eigenvalue weighted by molar-refractivity contribution is 6.31. The molecular weight excluding hydrogens is 381 g/mol. The fourth-order valence-electron chi connectivity index (χ4n) is 3.08. The SMILES string of the molecule is O=C1N(c2ccccc2)CN(c2ccc(Cl)cc2)CN1c1ccc(Cl)cc1. The van der Waals surface area contributed by atoms with Gasteiger partial charge in [-0.25, -0.2) is 4.79 Å². The van der Waals surface area contributed by atoms with Gasteiger partial charge in [-0.3, -0.25) is 9.80 Å². The largest absolute Gasteiger partial charge is 0.335 e. The average Bonchev–Trinajstić information content (AvgIpc) is 2.70. The van der Waals surface area contributed by atoms with Gasteiger partial charge in [0.1, 0.15) is 13.3 Å². The number of carbonyl (C=O) groups excluding carboxylic acids is 1. The lowest BCUT2D eigenvalue weighted by Gasteiger charge is -2.43. The second-order valence-electron chi connectivity index (χ2n) is 6.25. The molecular formula is C21H17Cl2N3O. The fraction of sp³-hybridized carbons (Fsp3) is 0.0952. The average molecular weight is 398 g/mol. The minimum absolute atomic E-state index is 0.0752. The van der Waals surface area contributed by atoms with E-state index in [1.165, 1.54) is 0 Å². The quantitative estimate of drug-likeness (QED) is 0.552. The minimum Gasteiger partial charge on any atom is -0.335 e.